The zero-order valence-electron chi connectivity index (χ0n) is 16.4. The Morgan fingerprint density at radius 1 is 1.07 bits per heavy atom. The number of amides is 2. The quantitative estimate of drug-likeness (QED) is 0.670. The second-order valence-electron chi connectivity index (χ2n) is 8.11. The highest BCUT2D eigenvalue weighted by Gasteiger charge is 2.42. The van der Waals surface area contributed by atoms with Gasteiger partial charge in [0, 0.05) is 37.8 Å². The Hall–Kier alpha value is -2.70. The van der Waals surface area contributed by atoms with Crippen LogP contribution in [0.25, 0.3) is 0 Å². The number of nitrogens with zero attached hydrogens (tertiary/aromatic N) is 1. The van der Waals surface area contributed by atoms with E-state index >= 15 is 0 Å². The molecule has 1 unspecified atom stereocenters. The Balaban J connectivity index is 1.30. The Kier molecular flexibility index (Phi) is 5.65. The third-order valence-corrected chi connectivity index (χ3v) is 5.55. The molecule has 0 aromatic heterocycles. The maximum atomic E-state index is 12.6. The number of β-amino-alcohol motifs (C(OH)–C–C–N with tert-alkyl or cyclic N) is 1. The van der Waals surface area contributed by atoms with E-state index < -0.39 is 5.60 Å². The first-order chi connectivity index (χ1) is 14.0. The Morgan fingerprint density at radius 3 is 2.59 bits per heavy atom. The monoisotopic (exact) mass is 393 g/mol. The lowest BCUT2D eigenvalue weighted by atomic mass is 10.0. The number of rotatable bonds is 7. The van der Waals surface area contributed by atoms with Gasteiger partial charge in [-0.2, -0.15) is 0 Å². The van der Waals surface area contributed by atoms with Gasteiger partial charge < -0.3 is 15.7 Å². The summed E-state index contributed by atoms with van der Waals surface area (Å²) in [6.07, 6.45) is 2.50. The first kappa shape index (κ1) is 19.6. The van der Waals surface area contributed by atoms with E-state index in [-0.39, 0.29) is 18.4 Å². The highest BCUT2D eigenvalue weighted by molar-refractivity contribution is 5.94. The maximum absolute atomic E-state index is 12.6. The SMILES string of the molecule is O=C(NC1CC1)c1cccc(CNC(=O)C2(O)CCN(Cc3ccccc3)C2)c1. The van der Waals surface area contributed by atoms with Gasteiger partial charge in [0.05, 0.1) is 0 Å². The lowest BCUT2D eigenvalue weighted by Crippen LogP contribution is -2.48. The maximum Gasteiger partial charge on any atom is 0.253 e. The number of aliphatic hydroxyl groups is 1. The topological polar surface area (TPSA) is 81.7 Å². The number of hydrogen-bond acceptors (Lipinski definition) is 4. The van der Waals surface area contributed by atoms with Crippen LogP contribution in [0.1, 0.15) is 40.7 Å². The summed E-state index contributed by atoms with van der Waals surface area (Å²) in [5.74, 6) is -0.437. The van der Waals surface area contributed by atoms with Crippen molar-refractivity contribution in [1.29, 1.82) is 0 Å². The molecule has 0 spiro atoms. The predicted octanol–water partition coefficient (Wildman–Crippen LogP) is 1.83. The second kappa shape index (κ2) is 8.35. The number of hydrogen-bond donors (Lipinski definition) is 3. The van der Waals surface area contributed by atoms with Crippen molar-refractivity contribution in [2.75, 3.05) is 13.1 Å². The number of carbonyl (C=O) groups is 2. The smallest absolute Gasteiger partial charge is 0.253 e. The van der Waals surface area contributed by atoms with Gasteiger partial charge in [-0.1, -0.05) is 42.5 Å². The van der Waals surface area contributed by atoms with Crippen molar-refractivity contribution in [3.05, 3.63) is 71.3 Å². The first-order valence-electron chi connectivity index (χ1n) is 10.2. The molecule has 1 saturated carbocycles. The Labute approximate surface area is 170 Å². The van der Waals surface area contributed by atoms with Gasteiger partial charge in [0.2, 0.25) is 0 Å². The minimum Gasteiger partial charge on any atom is -0.379 e. The minimum absolute atomic E-state index is 0.0772. The number of nitrogens with one attached hydrogen (secondary N) is 2. The Bertz CT molecular complexity index is 882. The highest BCUT2D eigenvalue weighted by Crippen LogP contribution is 2.23. The van der Waals surface area contributed by atoms with Gasteiger partial charge in [-0.05, 0) is 42.5 Å². The summed E-state index contributed by atoms with van der Waals surface area (Å²) >= 11 is 0. The highest BCUT2D eigenvalue weighted by atomic mass is 16.3. The van der Waals surface area contributed by atoms with Crippen LogP contribution in [0.5, 0.6) is 0 Å². The summed E-state index contributed by atoms with van der Waals surface area (Å²) in [7, 11) is 0. The summed E-state index contributed by atoms with van der Waals surface area (Å²) in [5, 5.41) is 16.6. The van der Waals surface area contributed by atoms with Crippen molar-refractivity contribution in [3.63, 3.8) is 0 Å². The molecule has 1 saturated heterocycles. The molecule has 2 fully saturated rings. The fraction of sp³-hybridized carbons (Fsp3) is 0.391. The molecular weight excluding hydrogens is 366 g/mol. The summed E-state index contributed by atoms with van der Waals surface area (Å²) in [4.78, 5) is 26.9. The van der Waals surface area contributed by atoms with E-state index in [4.69, 9.17) is 0 Å². The van der Waals surface area contributed by atoms with Crippen molar-refractivity contribution >= 4 is 11.8 Å². The predicted molar refractivity (Wildman–Crippen MR) is 110 cm³/mol. The van der Waals surface area contributed by atoms with Crippen LogP contribution >= 0.6 is 0 Å². The van der Waals surface area contributed by atoms with Crippen LogP contribution in [-0.4, -0.2) is 46.6 Å². The van der Waals surface area contributed by atoms with Crippen molar-refractivity contribution in [1.82, 2.24) is 15.5 Å². The molecule has 1 aliphatic heterocycles. The fourth-order valence-corrected chi connectivity index (χ4v) is 3.70. The van der Waals surface area contributed by atoms with E-state index in [0.29, 0.717) is 37.7 Å². The molecule has 1 aliphatic carbocycles. The van der Waals surface area contributed by atoms with Gasteiger partial charge in [-0.3, -0.25) is 14.5 Å². The van der Waals surface area contributed by atoms with Crippen molar-refractivity contribution in [3.8, 4) is 0 Å². The van der Waals surface area contributed by atoms with Gasteiger partial charge in [-0.25, -0.2) is 0 Å². The summed E-state index contributed by atoms with van der Waals surface area (Å²) in [6.45, 7) is 1.99. The van der Waals surface area contributed by atoms with Gasteiger partial charge in [0.15, 0.2) is 5.60 Å². The molecule has 1 atom stereocenters. The van der Waals surface area contributed by atoms with Gasteiger partial charge in [0.1, 0.15) is 0 Å². The van der Waals surface area contributed by atoms with Crippen LogP contribution in [-0.2, 0) is 17.9 Å². The molecule has 2 aliphatic rings. The molecule has 2 aromatic carbocycles. The average molecular weight is 393 g/mol. The van der Waals surface area contributed by atoms with Crippen molar-refractivity contribution in [2.24, 2.45) is 0 Å². The summed E-state index contributed by atoms with van der Waals surface area (Å²) in [5.41, 5.74) is 1.22. The molecular formula is C23H27N3O3. The molecule has 0 radical (unpaired) electrons. The summed E-state index contributed by atoms with van der Waals surface area (Å²) in [6, 6.07) is 17.6. The zero-order chi connectivity index (χ0) is 20.3. The normalized spacial score (nSPS) is 21.7. The molecule has 152 valence electrons. The van der Waals surface area contributed by atoms with Gasteiger partial charge in [-0.15, -0.1) is 0 Å². The third kappa shape index (κ3) is 5.02. The van der Waals surface area contributed by atoms with E-state index in [0.717, 1.165) is 18.4 Å². The minimum atomic E-state index is -1.38. The average Bonchev–Trinajstić information content (AvgIpc) is 3.47. The van der Waals surface area contributed by atoms with E-state index in [1.165, 1.54) is 5.56 Å². The molecule has 0 bridgehead atoms. The van der Waals surface area contributed by atoms with Crippen LogP contribution < -0.4 is 10.6 Å². The lowest BCUT2D eigenvalue weighted by Gasteiger charge is -2.23. The van der Waals surface area contributed by atoms with Crippen molar-refractivity contribution in [2.45, 2.75) is 44.0 Å². The number of likely N-dealkylation sites (tertiary alicyclic amines) is 1. The third-order valence-electron chi connectivity index (χ3n) is 5.55. The van der Waals surface area contributed by atoms with Gasteiger partial charge >= 0.3 is 0 Å². The van der Waals surface area contributed by atoms with E-state index in [2.05, 4.69) is 15.5 Å². The second-order valence-corrected chi connectivity index (χ2v) is 8.11. The lowest BCUT2D eigenvalue weighted by molar-refractivity contribution is -0.138. The molecule has 3 N–H and O–H groups in total. The number of benzene rings is 2. The van der Waals surface area contributed by atoms with Crippen LogP contribution in [0.3, 0.4) is 0 Å². The number of carbonyl (C=O) groups excluding carboxylic acids is 2. The molecule has 1 heterocycles. The molecule has 6 nitrogen and oxygen atoms in total. The van der Waals surface area contributed by atoms with Crippen LogP contribution in [0.2, 0.25) is 0 Å². The molecule has 6 heteroatoms. The standard InChI is InChI=1S/C23H27N3O3/c27-21(25-20-9-10-20)19-8-4-7-18(13-19)14-24-22(28)23(29)11-12-26(16-23)15-17-5-2-1-3-6-17/h1-8,13,20,29H,9-12,14-16H2,(H,24,28)(H,25,27). The van der Waals surface area contributed by atoms with Crippen LogP contribution in [0.4, 0.5) is 0 Å². The van der Waals surface area contributed by atoms with Crippen molar-refractivity contribution < 1.29 is 14.7 Å². The largest absolute Gasteiger partial charge is 0.379 e. The molecule has 4 rings (SSSR count). The zero-order valence-corrected chi connectivity index (χ0v) is 16.4. The summed E-state index contributed by atoms with van der Waals surface area (Å²) < 4.78 is 0. The van der Waals surface area contributed by atoms with E-state index in [1.54, 1.807) is 12.1 Å². The van der Waals surface area contributed by atoms with Crippen LogP contribution in [0.15, 0.2) is 54.6 Å². The van der Waals surface area contributed by atoms with Crippen LogP contribution in [0, 0.1) is 0 Å². The molecule has 29 heavy (non-hydrogen) atoms. The first-order valence-corrected chi connectivity index (χ1v) is 10.2. The van der Waals surface area contributed by atoms with Gasteiger partial charge in [0.25, 0.3) is 11.8 Å². The molecule has 2 amide bonds. The fourth-order valence-electron chi connectivity index (χ4n) is 3.70. The van der Waals surface area contributed by atoms with E-state index in [1.807, 2.05) is 42.5 Å². The Morgan fingerprint density at radius 2 is 1.83 bits per heavy atom. The van der Waals surface area contributed by atoms with E-state index in [9.17, 15) is 14.7 Å². The molecule has 2 aromatic rings.